The number of nitrogens with one attached hydrogen (secondary N) is 1. The van der Waals surface area contributed by atoms with Crippen LogP contribution in [-0.4, -0.2) is 50.7 Å². The Labute approximate surface area is 193 Å². The summed E-state index contributed by atoms with van der Waals surface area (Å²) in [5.74, 6) is 0.600. The molecule has 2 heterocycles. The minimum atomic E-state index is -0.162. The van der Waals surface area contributed by atoms with Crippen LogP contribution in [0.5, 0.6) is 5.75 Å². The number of morpholine rings is 1. The van der Waals surface area contributed by atoms with E-state index >= 15 is 0 Å². The van der Waals surface area contributed by atoms with Crippen LogP contribution in [0.15, 0.2) is 72.1 Å². The van der Waals surface area contributed by atoms with Gasteiger partial charge in [-0.3, -0.25) is 20.1 Å². The Morgan fingerprint density at radius 1 is 1.09 bits per heavy atom. The lowest BCUT2D eigenvalue weighted by molar-refractivity contribution is 0.0319. The number of nitrogens with zero attached hydrogens (tertiary/aromatic N) is 2. The largest absolute Gasteiger partial charge is 0.485 e. The molecular formula is C25H29N3O3S. The third-order valence-electron chi connectivity index (χ3n) is 5.48. The fourth-order valence-electron chi connectivity index (χ4n) is 3.64. The van der Waals surface area contributed by atoms with Gasteiger partial charge in [-0.15, -0.1) is 11.3 Å². The molecule has 1 aliphatic rings. The van der Waals surface area contributed by atoms with E-state index in [1.165, 1.54) is 4.88 Å². The summed E-state index contributed by atoms with van der Waals surface area (Å²) in [5.41, 5.74) is 4.39. The highest BCUT2D eigenvalue weighted by Gasteiger charge is 2.18. The van der Waals surface area contributed by atoms with Crippen molar-refractivity contribution in [1.29, 1.82) is 0 Å². The molecule has 7 heteroatoms. The van der Waals surface area contributed by atoms with Gasteiger partial charge in [0.15, 0.2) is 0 Å². The van der Waals surface area contributed by atoms with Gasteiger partial charge in [-0.05, 0) is 47.8 Å². The van der Waals surface area contributed by atoms with Crippen LogP contribution in [-0.2, 0) is 4.74 Å². The van der Waals surface area contributed by atoms with Crippen LogP contribution in [0.1, 0.15) is 27.8 Å². The smallest absolute Gasteiger partial charge is 0.269 e. The molecule has 0 radical (unpaired) electrons. The molecule has 0 bridgehead atoms. The lowest BCUT2D eigenvalue weighted by Gasteiger charge is -2.28. The van der Waals surface area contributed by atoms with Crippen LogP contribution >= 0.6 is 11.3 Å². The normalized spacial score (nSPS) is 15.2. The first kappa shape index (κ1) is 22.3. The molecular weight excluding hydrogens is 422 g/mol. The molecule has 1 amide bonds. The highest BCUT2D eigenvalue weighted by atomic mass is 32.1. The molecule has 1 saturated heterocycles. The molecule has 1 unspecified atom stereocenters. The Kier molecular flexibility index (Phi) is 7.77. The zero-order valence-corrected chi connectivity index (χ0v) is 19.1. The van der Waals surface area contributed by atoms with Gasteiger partial charge in [0.1, 0.15) is 11.9 Å². The maximum Gasteiger partial charge on any atom is 0.269 e. The van der Waals surface area contributed by atoms with Crippen LogP contribution in [0.4, 0.5) is 5.69 Å². The lowest BCUT2D eigenvalue weighted by Crippen LogP contribution is -2.39. The van der Waals surface area contributed by atoms with Gasteiger partial charge in [0.2, 0.25) is 0 Å². The van der Waals surface area contributed by atoms with E-state index in [9.17, 15) is 4.79 Å². The van der Waals surface area contributed by atoms with Crippen molar-refractivity contribution >= 4 is 22.9 Å². The third kappa shape index (κ3) is 6.09. The number of para-hydroxylation sites is 1. The third-order valence-corrected chi connectivity index (χ3v) is 6.44. The Bertz CT molecular complexity index is 958. The van der Waals surface area contributed by atoms with Crippen molar-refractivity contribution in [3.63, 3.8) is 0 Å². The minimum absolute atomic E-state index is 0.0123. The minimum Gasteiger partial charge on any atom is -0.485 e. The van der Waals surface area contributed by atoms with Crippen LogP contribution < -0.4 is 15.2 Å². The molecule has 0 aliphatic carbocycles. The van der Waals surface area contributed by atoms with Gasteiger partial charge in [0, 0.05) is 43.5 Å². The predicted molar refractivity (Wildman–Crippen MR) is 128 cm³/mol. The Morgan fingerprint density at radius 3 is 2.53 bits per heavy atom. The summed E-state index contributed by atoms with van der Waals surface area (Å²) in [7, 11) is 1.82. The fourth-order valence-corrected chi connectivity index (χ4v) is 4.43. The number of hydrazine groups is 1. The van der Waals surface area contributed by atoms with Crippen LogP contribution in [0.2, 0.25) is 0 Å². The number of hydrogen-bond acceptors (Lipinski definition) is 6. The first-order valence-corrected chi connectivity index (χ1v) is 11.8. The molecule has 0 saturated carbocycles. The van der Waals surface area contributed by atoms with Crippen molar-refractivity contribution in [2.75, 3.05) is 44.9 Å². The summed E-state index contributed by atoms with van der Waals surface area (Å²) in [6, 6.07) is 21.2. The number of amides is 1. The van der Waals surface area contributed by atoms with E-state index in [0.717, 1.165) is 50.7 Å². The number of thiophene rings is 1. The molecule has 1 aromatic heterocycles. The summed E-state index contributed by atoms with van der Waals surface area (Å²) in [6.07, 6.45) is 0.895. The monoisotopic (exact) mass is 451 g/mol. The van der Waals surface area contributed by atoms with Crippen LogP contribution in [0.25, 0.3) is 0 Å². The van der Waals surface area contributed by atoms with E-state index in [0.29, 0.717) is 5.56 Å². The van der Waals surface area contributed by atoms with Gasteiger partial charge < -0.3 is 9.47 Å². The van der Waals surface area contributed by atoms with E-state index in [4.69, 9.17) is 9.47 Å². The first-order valence-electron chi connectivity index (χ1n) is 10.9. The summed E-state index contributed by atoms with van der Waals surface area (Å²) < 4.78 is 11.8. The summed E-state index contributed by atoms with van der Waals surface area (Å²) in [6.45, 7) is 4.51. The highest BCUT2D eigenvalue weighted by Crippen LogP contribution is 2.28. The summed E-state index contributed by atoms with van der Waals surface area (Å²) in [4.78, 5) is 16.3. The van der Waals surface area contributed by atoms with Gasteiger partial charge in [-0.2, -0.15) is 0 Å². The Hall–Kier alpha value is -2.87. The van der Waals surface area contributed by atoms with Crippen molar-refractivity contribution < 1.29 is 14.3 Å². The van der Waals surface area contributed by atoms with Crippen molar-refractivity contribution in [2.24, 2.45) is 0 Å². The van der Waals surface area contributed by atoms with E-state index < -0.39 is 0 Å². The van der Waals surface area contributed by atoms with Gasteiger partial charge in [0.05, 0.1) is 18.9 Å². The predicted octanol–water partition coefficient (Wildman–Crippen LogP) is 4.37. The first-order chi connectivity index (χ1) is 15.7. The van der Waals surface area contributed by atoms with E-state index in [2.05, 4.69) is 27.8 Å². The van der Waals surface area contributed by atoms with E-state index in [1.807, 2.05) is 49.5 Å². The molecule has 1 fully saturated rings. The number of carbonyl (C=O) groups is 1. The van der Waals surface area contributed by atoms with Gasteiger partial charge in [-0.25, -0.2) is 0 Å². The molecule has 3 aromatic rings. The van der Waals surface area contributed by atoms with Crippen molar-refractivity contribution in [3.05, 3.63) is 82.6 Å². The number of carbonyl (C=O) groups excluding carboxylic acids is 1. The molecule has 32 heavy (non-hydrogen) atoms. The average Bonchev–Trinajstić information content (AvgIpc) is 3.38. The van der Waals surface area contributed by atoms with Gasteiger partial charge in [0.25, 0.3) is 5.91 Å². The maximum absolute atomic E-state index is 12.6. The quantitative estimate of drug-likeness (QED) is 0.490. The van der Waals surface area contributed by atoms with Crippen LogP contribution in [0.3, 0.4) is 0 Å². The second kappa shape index (κ2) is 11.1. The van der Waals surface area contributed by atoms with Crippen LogP contribution in [0, 0.1) is 0 Å². The molecule has 1 aliphatic heterocycles. The zero-order chi connectivity index (χ0) is 22.2. The molecule has 168 valence electrons. The highest BCUT2D eigenvalue weighted by molar-refractivity contribution is 7.10. The molecule has 0 spiro atoms. The zero-order valence-electron chi connectivity index (χ0n) is 18.3. The maximum atomic E-state index is 12.6. The number of anilines is 1. The van der Waals surface area contributed by atoms with Crippen molar-refractivity contribution in [2.45, 2.75) is 12.5 Å². The molecule has 1 N–H and O–H groups in total. The van der Waals surface area contributed by atoms with E-state index in [-0.39, 0.29) is 12.0 Å². The Morgan fingerprint density at radius 2 is 1.84 bits per heavy atom. The standard InChI is InChI=1S/C25H29N3O3S/c1-27(21-6-3-2-4-7-21)26-25(29)20-9-11-22(12-10-20)31-23(24-8-5-19-32-24)13-14-28-15-17-30-18-16-28/h2-12,19,23H,13-18H2,1H3,(H,26,29). The SMILES string of the molecule is CN(NC(=O)c1ccc(OC(CCN2CCOCC2)c2cccs2)cc1)c1ccccc1. The number of rotatable bonds is 9. The lowest BCUT2D eigenvalue weighted by atomic mass is 10.1. The molecule has 4 rings (SSSR count). The average molecular weight is 452 g/mol. The van der Waals surface area contributed by atoms with Gasteiger partial charge >= 0.3 is 0 Å². The van der Waals surface area contributed by atoms with Crippen molar-refractivity contribution in [3.8, 4) is 5.75 Å². The number of hydrogen-bond donors (Lipinski definition) is 1. The summed E-state index contributed by atoms with van der Waals surface area (Å²) in [5, 5.41) is 3.79. The fraction of sp³-hybridized carbons (Fsp3) is 0.320. The Balaban J connectivity index is 1.36. The topological polar surface area (TPSA) is 54.0 Å². The van der Waals surface area contributed by atoms with Crippen molar-refractivity contribution in [1.82, 2.24) is 10.3 Å². The van der Waals surface area contributed by atoms with Gasteiger partial charge in [-0.1, -0.05) is 24.3 Å². The van der Waals surface area contributed by atoms with E-state index in [1.54, 1.807) is 28.5 Å². The molecule has 6 nitrogen and oxygen atoms in total. The second-order valence-electron chi connectivity index (χ2n) is 7.72. The molecule has 2 aromatic carbocycles. The number of ether oxygens (including phenoxy) is 2. The second-order valence-corrected chi connectivity index (χ2v) is 8.70. The summed E-state index contributed by atoms with van der Waals surface area (Å²) >= 11 is 1.71. The molecule has 1 atom stereocenters. The number of benzene rings is 2.